The van der Waals surface area contributed by atoms with Crippen LogP contribution in [0.4, 0.5) is 0 Å². The van der Waals surface area contributed by atoms with Crippen molar-refractivity contribution in [3.63, 3.8) is 0 Å². The summed E-state index contributed by atoms with van der Waals surface area (Å²) in [4.78, 5) is 8.51. The SMILES string of the molecule is CCOC(CC)c1nccc(CN)n1. The molecule has 0 aliphatic heterocycles. The van der Waals surface area contributed by atoms with Crippen molar-refractivity contribution in [1.29, 1.82) is 0 Å². The maximum Gasteiger partial charge on any atom is 0.157 e. The second-order valence-corrected chi connectivity index (χ2v) is 2.96. The Morgan fingerprint density at radius 1 is 1.50 bits per heavy atom. The van der Waals surface area contributed by atoms with E-state index in [0.717, 1.165) is 17.9 Å². The van der Waals surface area contributed by atoms with E-state index in [-0.39, 0.29) is 6.10 Å². The minimum atomic E-state index is -0.00787. The zero-order chi connectivity index (χ0) is 10.4. The molecule has 0 aliphatic rings. The molecule has 1 atom stereocenters. The van der Waals surface area contributed by atoms with Crippen LogP contribution in [-0.4, -0.2) is 16.6 Å². The molecule has 0 fully saturated rings. The smallest absolute Gasteiger partial charge is 0.157 e. The predicted octanol–water partition coefficient (Wildman–Crippen LogP) is 1.42. The maximum atomic E-state index is 5.51. The van der Waals surface area contributed by atoms with Crippen LogP contribution in [-0.2, 0) is 11.3 Å². The number of nitrogens with zero attached hydrogens (tertiary/aromatic N) is 2. The molecule has 0 saturated carbocycles. The van der Waals surface area contributed by atoms with Crippen LogP contribution in [0.25, 0.3) is 0 Å². The lowest BCUT2D eigenvalue weighted by atomic mass is 10.2. The summed E-state index contributed by atoms with van der Waals surface area (Å²) in [5, 5.41) is 0. The monoisotopic (exact) mass is 195 g/mol. The van der Waals surface area contributed by atoms with Crippen LogP contribution in [0.5, 0.6) is 0 Å². The summed E-state index contributed by atoms with van der Waals surface area (Å²) in [5.74, 6) is 0.734. The first kappa shape index (κ1) is 11.1. The van der Waals surface area contributed by atoms with Crippen LogP contribution in [0, 0.1) is 0 Å². The van der Waals surface area contributed by atoms with Crippen LogP contribution in [0.3, 0.4) is 0 Å². The fraction of sp³-hybridized carbons (Fsp3) is 0.600. The summed E-state index contributed by atoms with van der Waals surface area (Å²) >= 11 is 0. The quantitative estimate of drug-likeness (QED) is 0.772. The molecule has 4 nitrogen and oxygen atoms in total. The third-order valence-electron chi connectivity index (χ3n) is 1.97. The Balaban J connectivity index is 2.80. The van der Waals surface area contributed by atoms with E-state index in [2.05, 4.69) is 16.9 Å². The lowest BCUT2D eigenvalue weighted by molar-refractivity contribution is 0.0533. The van der Waals surface area contributed by atoms with Gasteiger partial charge in [0.1, 0.15) is 6.10 Å². The summed E-state index contributed by atoms with van der Waals surface area (Å²) in [5.41, 5.74) is 6.36. The molecule has 0 saturated heterocycles. The minimum absolute atomic E-state index is 0.00787. The highest BCUT2D eigenvalue weighted by atomic mass is 16.5. The van der Waals surface area contributed by atoms with Crippen molar-refractivity contribution >= 4 is 0 Å². The van der Waals surface area contributed by atoms with E-state index in [1.54, 1.807) is 6.20 Å². The van der Waals surface area contributed by atoms with Gasteiger partial charge in [-0.2, -0.15) is 0 Å². The van der Waals surface area contributed by atoms with Gasteiger partial charge in [-0.05, 0) is 19.4 Å². The Morgan fingerprint density at radius 3 is 2.86 bits per heavy atom. The third kappa shape index (κ3) is 2.75. The Bertz CT molecular complexity index is 278. The van der Waals surface area contributed by atoms with Crippen molar-refractivity contribution in [3.05, 3.63) is 23.8 Å². The number of aromatic nitrogens is 2. The van der Waals surface area contributed by atoms with Gasteiger partial charge in [0.15, 0.2) is 5.82 Å². The van der Waals surface area contributed by atoms with Gasteiger partial charge >= 0.3 is 0 Å². The number of rotatable bonds is 5. The summed E-state index contributed by atoms with van der Waals surface area (Å²) in [6, 6.07) is 1.82. The second kappa shape index (κ2) is 5.67. The molecule has 1 aromatic rings. The van der Waals surface area contributed by atoms with E-state index >= 15 is 0 Å². The molecule has 1 heterocycles. The van der Waals surface area contributed by atoms with Gasteiger partial charge in [-0.3, -0.25) is 0 Å². The van der Waals surface area contributed by atoms with Gasteiger partial charge in [0.05, 0.1) is 5.69 Å². The van der Waals surface area contributed by atoms with Crippen molar-refractivity contribution in [2.75, 3.05) is 6.61 Å². The Kier molecular flexibility index (Phi) is 4.49. The van der Waals surface area contributed by atoms with E-state index in [1.807, 2.05) is 13.0 Å². The zero-order valence-corrected chi connectivity index (χ0v) is 8.73. The molecule has 0 aliphatic carbocycles. The molecule has 4 heteroatoms. The number of hydrogen-bond acceptors (Lipinski definition) is 4. The van der Waals surface area contributed by atoms with Gasteiger partial charge in [-0.1, -0.05) is 6.92 Å². The molecule has 0 radical (unpaired) electrons. The molecule has 0 spiro atoms. The van der Waals surface area contributed by atoms with Crippen LogP contribution in [0.1, 0.15) is 37.9 Å². The van der Waals surface area contributed by atoms with E-state index < -0.39 is 0 Å². The van der Waals surface area contributed by atoms with Gasteiger partial charge in [-0.15, -0.1) is 0 Å². The van der Waals surface area contributed by atoms with E-state index in [4.69, 9.17) is 10.5 Å². The van der Waals surface area contributed by atoms with Crippen molar-refractivity contribution in [2.24, 2.45) is 5.73 Å². The molecule has 0 aromatic carbocycles. The van der Waals surface area contributed by atoms with Crippen LogP contribution >= 0.6 is 0 Å². The summed E-state index contributed by atoms with van der Waals surface area (Å²) in [7, 11) is 0. The first-order chi connectivity index (χ1) is 6.81. The van der Waals surface area contributed by atoms with Crippen LogP contribution in [0.15, 0.2) is 12.3 Å². The topological polar surface area (TPSA) is 61.0 Å². The van der Waals surface area contributed by atoms with Crippen molar-refractivity contribution in [2.45, 2.75) is 32.9 Å². The number of hydrogen-bond donors (Lipinski definition) is 1. The standard InChI is InChI=1S/C10H17N3O/c1-3-9(14-4-2)10-12-6-5-8(7-11)13-10/h5-6,9H,3-4,7,11H2,1-2H3. The van der Waals surface area contributed by atoms with Crippen molar-refractivity contribution in [1.82, 2.24) is 9.97 Å². The Morgan fingerprint density at radius 2 is 2.29 bits per heavy atom. The highest BCUT2D eigenvalue weighted by Crippen LogP contribution is 2.16. The molecule has 78 valence electrons. The first-order valence-corrected chi connectivity index (χ1v) is 4.95. The normalized spacial score (nSPS) is 12.8. The minimum Gasteiger partial charge on any atom is -0.371 e. The third-order valence-corrected chi connectivity index (χ3v) is 1.97. The average Bonchev–Trinajstić information content (AvgIpc) is 2.26. The Labute approximate surface area is 84.5 Å². The maximum absolute atomic E-state index is 5.51. The summed E-state index contributed by atoms with van der Waals surface area (Å²) in [6.45, 7) is 5.14. The first-order valence-electron chi connectivity index (χ1n) is 4.95. The fourth-order valence-electron chi connectivity index (χ4n) is 1.26. The zero-order valence-electron chi connectivity index (χ0n) is 8.73. The molecular weight excluding hydrogens is 178 g/mol. The van der Waals surface area contributed by atoms with Gasteiger partial charge in [0.25, 0.3) is 0 Å². The molecular formula is C10H17N3O. The van der Waals surface area contributed by atoms with E-state index in [0.29, 0.717) is 13.2 Å². The summed E-state index contributed by atoms with van der Waals surface area (Å²) in [6.07, 6.45) is 2.60. The highest BCUT2D eigenvalue weighted by Gasteiger charge is 2.11. The predicted molar refractivity (Wildman–Crippen MR) is 54.6 cm³/mol. The molecule has 1 rings (SSSR count). The second-order valence-electron chi connectivity index (χ2n) is 2.96. The highest BCUT2D eigenvalue weighted by molar-refractivity contribution is 5.03. The molecule has 1 unspecified atom stereocenters. The van der Waals surface area contributed by atoms with Crippen molar-refractivity contribution < 1.29 is 4.74 Å². The average molecular weight is 195 g/mol. The fourth-order valence-corrected chi connectivity index (χ4v) is 1.26. The molecule has 2 N–H and O–H groups in total. The van der Waals surface area contributed by atoms with Crippen molar-refractivity contribution in [3.8, 4) is 0 Å². The van der Waals surface area contributed by atoms with Gasteiger partial charge < -0.3 is 10.5 Å². The molecule has 0 amide bonds. The van der Waals surface area contributed by atoms with E-state index in [9.17, 15) is 0 Å². The number of nitrogens with two attached hydrogens (primary N) is 1. The molecule has 1 aromatic heterocycles. The van der Waals surface area contributed by atoms with Gasteiger partial charge in [0, 0.05) is 19.3 Å². The van der Waals surface area contributed by atoms with E-state index in [1.165, 1.54) is 0 Å². The molecule has 14 heavy (non-hydrogen) atoms. The largest absolute Gasteiger partial charge is 0.371 e. The van der Waals surface area contributed by atoms with Gasteiger partial charge in [-0.25, -0.2) is 9.97 Å². The Hall–Kier alpha value is -1.00. The van der Waals surface area contributed by atoms with Crippen LogP contribution in [0.2, 0.25) is 0 Å². The van der Waals surface area contributed by atoms with Crippen LogP contribution < -0.4 is 5.73 Å². The van der Waals surface area contributed by atoms with Gasteiger partial charge in [0.2, 0.25) is 0 Å². The lowest BCUT2D eigenvalue weighted by Crippen LogP contribution is -2.10. The summed E-state index contributed by atoms with van der Waals surface area (Å²) < 4.78 is 5.51. The number of ether oxygens (including phenoxy) is 1. The molecule has 0 bridgehead atoms. The lowest BCUT2D eigenvalue weighted by Gasteiger charge is -2.13.